The molecule has 1 aromatic heterocycles. The van der Waals surface area contributed by atoms with Gasteiger partial charge in [0.25, 0.3) is 0 Å². The first-order valence-electron chi connectivity index (χ1n) is 6.40. The summed E-state index contributed by atoms with van der Waals surface area (Å²) in [5.74, 6) is 1.99. The molecule has 1 aromatic carbocycles. The number of halogens is 1. The smallest absolute Gasteiger partial charge is 0.223 e. The van der Waals surface area contributed by atoms with Gasteiger partial charge in [-0.2, -0.15) is 0 Å². The molecule has 0 saturated heterocycles. The normalized spacial score (nSPS) is 10.2. The molecule has 0 atom stereocenters. The van der Waals surface area contributed by atoms with E-state index >= 15 is 0 Å². The van der Waals surface area contributed by atoms with Gasteiger partial charge in [0, 0.05) is 18.0 Å². The van der Waals surface area contributed by atoms with E-state index in [2.05, 4.69) is 4.98 Å². The molecular weight excluding hydrogens is 294 g/mol. The predicted octanol–water partition coefficient (Wildman–Crippen LogP) is 2.58. The summed E-state index contributed by atoms with van der Waals surface area (Å²) in [6, 6.07) is 8.66. The van der Waals surface area contributed by atoms with Crippen LogP contribution in [-0.2, 0) is 5.88 Å². The number of H-pyrrole nitrogens is 1. The Kier molecular flexibility index (Phi) is 5.51. The van der Waals surface area contributed by atoms with Gasteiger partial charge in [-0.05, 0) is 24.3 Å². The number of methoxy groups -OCH3 is 1. The zero-order chi connectivity index (χ0) is 15.1. The highest BCUT2D eigenvalue weighted by molar-refractivity contribution is 6.16. The van der Waals surface area contributed by atoms with Crippen LogP contribution in [0.5, 0.6) is 17.2 Å². The highest BCUT2D eigenvalue weighted by Crippen LogP contribution is 2.16. The predicted molar refractivity (Wildman–Crippen MR) is 80.6 cm³/mol. The lowest BCUT2D eigenvalue weighted by Crippen LogP contribution is -2.14. The van der Waals surface area contributed by atoms with Crippen LogP contribution in [0.1, 0.15) is 5.69 Å². The molecule has 21 heavy (non-hydrogen) atoms. The average Bonchev–Trinajstić information content (AvgIpc) is 2.53. The Morgan fingerprint density at radius 3 is 2.38 bits per heavy atom. The van der Waals surface area contributed by atoms with Crippen LogP contribution in [0.4, 0.5) is 0 Å². The first-order chi connectivity index (χ1) is 10.2. The summed E-state index contributed by atoms with van der Waals surface area (Å²) in [6.45, 7) is 0.609. The van der Waals surface area contributed by atoms with Gasteiger partial charge >= 0.3 is 0 Å². The first-order valence-corrected chi connectivity index (χ1v) is 6.93. The fourth-order valence-electron chi connectivity index (χ4n) is 1.67. The second kappa shape index (κ2) is 7.59. The van der Waals surface area contributed by atoms with Gasteiger partial charge in [-0.3, -0.25) is 4.79 Å². The van der Waals surface area contributed by atoms with Crippen LogP contribution in [0, 0.1) is 0 Å². The minimum atomic E-state index is -0.200. The van der Waals surface area contributed by atoms with E-state index in [0.29, 0.717) is 18.1 Å². The van der Waals surface area contributed by atoms with Crippen molar-refractivity contribution in [3.8, 4) is 17.2 Å². The fraction of sp³-hybridized carbons (Fsp3) is 0.267. The summed E-state index contributed by atoms with van der Waals surface area (Å²) in [5, 5.41) is 0. The highest BCUT2D eigenvalue weighted by atomic mass is 35.5. The lowest BCUT2D eigenvalue weighted by Gasteiger charge is -2.08. The van der Waals surface area contributed by atoms with Crippen molar-refractivity contribution < 1.29 is 14.2 Å². The number of ether oxygens (including phenoxy) is 3. The van der Waals surface area contributed by atoms with Gasteiger partial charge in [-0.1, -0.05) is 0 Å². The molecule has 0 aliphatic carbocycles. The van der Waals surface area contributed by atoms with Crippen molar-refractivity contribution in [3.05, 3.63) is 52.4 Å². The van der Waals surface area contributed by atoms with Crippen molar-refractivity contribution in [2.24, 2.45) is 0 Å². The minimum absolute atomic E-state index is 0.200. The van der Waals surface area contributed by atoms with Crippen molar-refractivity contribution >= 4 is 11.6 Å². The van der Waals surface area contributed by atoms with Crippen molar-refractivity contribution in [2.45, 2.75) is 5.88 Å². The van der Waals surface area contributed by atoms with Crippen molar-refractivity contribution in [2.75, 3.05) is 20.3 Å². The Bertz CT molecular complexity index is 624. The Morgan fingerprint density at radius 2 is 1.76 bits per heavy atom. The van der Waals surface area contributed by atoms with Crippen LogP contribution in [0.2, 0.25) is 0 Å². The molecule has 0 aliphatic heterocycles. The summed E-state index contributed by atoms with van der Waals surface area (Å²) in [6.07, 6.45) is 1.51. The lowest BCUT2D eigenvalue weighted by atomic mass is 10.3. The molecule has 0 bridgehead atoms. The zero-order valence-electron chi connectivity index (χ0n) is 11.6. The summed E-state index contributed by atoms with van der Waals surface area (Å²) >= 11 is 5.63. The lowest BCUT2D eigenvalue weighted by molar-refractivity contribution is 0.215. The summed E-state index contributed by atoms with van der Waals surface area (Å²) in [5.41, 5.74) is 0.456. The molecule has 6 heteroatoms. The zero-order valence-corrected chi connectivity index (χ0v) is 12.4. The van der Waals surface area contributed by atoms with Gasteiger partial charge in [-0.25, -0.2) is 0 Å². The molecule has 0 radical (unpaired) electrons. The van der Waals surface area contributed by atoms with E-state index < -0.39 is 0 Å². The van der Waals surface area contributed by atoms with Crippen molar-refractivity contribution in [1.82, 2.24) is 4.98 Å². The SMILES string of the molecule is COc1ccc(OCCOc2c[nH]c(CCl)cc2=O)cc1. The molecule has 2 aromatic rings. The molecular formula is C15H16ClNO4. The summed E-state index contributed by atoms with van der Waals surface area (Å²) in [7, 11) is 1.61. The maximum Gasteiger partial charge on any atom is 0.223 e. The number of benzene rings is 1. The number of pyridine rings is 1. The first kappa shape index (κ1) is 15.3. The third kappa shape index (κ3) is 4.43. The highest BCUT2D eigenvalue weighted by Gasteiger charge is 2.02. The largest absolute Gasteiger partial charge is 0.497 e. The van der Waals surface area contributed by atoms with Gasteiger partial charge < -0.3 is 19.2 Å². The van der Waals surface area contributed by atoms with E-state index in [0.717, 1.165) is 5.75 Å². The van der Waals surface area contributed by atoms with E-state index in [1.54, 1.807) is 19.2 Å². The molecule has 2 rings (SSSR count). The third-order valence-electron chi connectivity index (χ3n) is 2.75. The van der Waals surface area contributed by atoms with E-state index in [9.17, 15) is 4.79 Å². The number of aromatic nitrogens is 1. The topological polar surface area (TPSA) is 60.6 Å². The molecule has 0 fully saturated rings. The van der Waals surface area contributed by atoms with E-state index in [4.69, 9.17) is 25.8 Å². The van der Waals surface area contributed by atoms with Crippen LogP contribution in [0.25, 0.3) is 0 Å². The molecule has 5 nitrogen and oxygen atoms in total. The number of hydrogen-bond donors (Lipinski definition) is 1. The second-order valence-electron chi connectivity index (χ2n) is 4.19. The Balaban J connectivity index is 1.80. The second-order valence-corrected chi connectivity index (χ2v) is 4.46. The molecule has 1 heterocycles. The molecule has 0 amide bonds. The van der Waals surface area contributed by atoms with Gasteiger partial charge in [0.15, 0.2) is 5.75 Å². The molecule has 0 unspecified atom stereocenters. The van der Waals surface area contributed by atoms with Gasteiger partial charge in [0.2, 0.25) is 5.43 Å². The van der Waals surface area contributed by atoms with E-state index in [1.807, 2.05) is 12.1 Å². The Morgan fingerprint density at radius 1 is 1.10 bits per heavy atom. The van der Waals surface area contributed by atoms with Crippen LogP contribution in [-0.4, -0.2) is 25.3 Å². The summed E-state index contributed by atoms with van der Waals surface area (Å²) < 4.78 is 15.9. The average molecular weight is 310 g/mol. The minimum Gasteiger partial charge on any atom is -0.497 e. The van der Waals surface area contributed by atoms with Gasteiger partial charge in [0.1, 0.15) is 24.7 Å². The quantitative estimate of drug-likeness (QED) is 0.631. The third-order valence-corrected chi connectivity index (χ3v) is 3.04. The number of nitrogens with one attached hydrogen (secondary N) is 1. The van der Waals surface area contributed by atoms with Gasteiger partial charge in [0.05, 0.1) is 13.0 Å². The standard InChI is InChI=1S/C15H16ClNO4/c1-19-12-2-4-13(5-3-12)20-6-7-21-15-10-17-11(9-16)8-14(15)18/h2-5,8,10H,6-7,9H2,1H3,(H,17,18). The number of rotatable bonds is 7. The Hall–Kier alpha value is -2.14. The van der Waals surface area contributed by atoms with Gasteiger partial charge in [-0.15, -0.1) is 11.6 Å². The maximum atomic E-state index is 11.7. The number of hydrogen-bond acceptors (Lipinski definition) is 4. The Labute approximate surface area is 127 Å². The fourth-order valence-corrected chi connectivity index (χ4v) is 1.83. The van der Waals surface area contributed by atoms with Crippen molar-refractivity contribution in [3.63, 3.8) is 0 Å². The van der Waals surface area contributed by atoms with Crippen LogP contribution < -0.4 is 19.6 Å². The molecule has 0 saturated carbocycles. The summed E-state index contributed by atoms with van der Waals surface area (Å²) in [4.78, 5) is 14.6. The molecule has 0 aliphatic rings. The molecule has 1 N–H and O–H groups in total. The van der Waals surface area contributed by atoms with Crippen LogP contribution in [0.3, 0.4) is 0 Å². The molecule has 0 spiro atoms. The van der Waals surface area contributed by atoms with E-state index in [1.165, 1.54) is 12.3 Å². The number of aromatic amines is 1. The maximum absolute atomic E-state index is 11.7. The van der Waals surface area contributed by atoms with Crippen LogP contribution in [0.15, 0.2) is 41.3 Å². The van der Waals surface area contributed by atoms with Crippen LogP contribution >= 0.6 is 11.6 Å². The molecule has 112 valence electrons. The van der Waals surface area contributed by atoms with Crippen molar-refractivity contribution in [1.29, 1.82) is 0 Å². The monoisotopic (exact) mass is 309 g/mol. The van der Waals surface area contributed by atoms with E-state index in [-0.39, 0.29) is 23.7 Å². The number of alkyl halides is 1.